The normalized spacial score (nSPS) is 11.5. The van der Waals surface area contributed by atoms with E-state index in [4.69, 9.17) is 0 Å². The Labute approximate surface area is 168 Å². The third-order valence-corrected chi connectivity index (χ3v) is 4.59. The number of aryl methyl sites for hydroxylation is 1. The molecule has 3 rings (SSSR count). The molecule has 0 atom stereocenters. The van der Waals surface area contributed by atoms with Crippen LogP contribution >= 0.6 is 15.9 Å². The fraction of sp³-hybridized carbons (Fsp3) is 0.0952. The van der Waals surface area contributed by atoms with Crippen molar-refractivity contribution in [3.63, 3.8) is 0 Å². The number of nitrogens with zero attached hydrogens (tertiary/aromatic N) is 2. The van der Waals surface area contributed by atoms with Crippen molar-refractivity contribution in [2.45, 2.75) is 13.5 Å². The van der Waals surface area contributed by atoms with Crippen LogP contribution in [0, 0.1) is 6.92 Å². The molecule has 0 saturated heterocycles. The van der Waals surface area contributed by atoms with Crippen LogP contribution in [0.4, 0.5) is 4.39 Å². The molecule has 0 bridgehead atoms. The minimum Gasteiger partial charge on any atom is -0.293 e. The molecule has 0 unspecified atom stereocenters. The van der Waals surface area contributed by atoms with Crippen LogP contribution in [0.15, 0.2) is 80.7 Å². The summed E-state index contributed by atoms with van der Waals surface area (Å²) in [6.45, 7) is 1.08. The van der Waals surface area contributed by atoms with Crippen LogP contribution in [0.2, 0.25) is 0 Å². The van der Waals surface area contributed by atoms with Gasteiger partial charge in [-0.3, -0.25) is 14.2 Å². The van der Waals surface area contributed by atoms with E-state index >= 15 is 0 Å². The molecule has 0 aliphatic heterocycles. The Morgan fingerprint density at radius 3 is 2.36 bits per heavy atom. The predicted octanol–water partition coefficient (Wildman–Crippen LogP) is 3.78. The number of carbonyl (C=O) groups is 1. The standard InChI is InChI=1S/C21H16BrFN2O3/c1-14-12-24(13-18(23)11-15-7-9-17(22)10-8-15)21(28)25(19(14)26)20(27)16-5-3-2-4-6-16/h2-12H,13H2,1H3/b18-11-. The average molecular weight is 443 g/mol. The van der Waals surface area contributed by atoms with Crippen molar-refractivity contribution in [3.8, 4) is 0 Å². The molecule has 0 radical (unpaired) electrons. The van der Waals surface area contributed by atoms with E-state index in [-0.39, 0.29) is 11.1 Å². The van der Waals surface area contributed by atoms with Gasteiger partial charge >= 0.3 is 5.69 Å². The maximum Gasteiger partial charge on any atom is 0.338 e. The van der Waals surface area contributed by atoms with Crippen molar-refractivity contribution in [2.75, 3.05) is 0 Å². The first-order chi connectivity index (χ1) is 13.4. The lowest BCUT2D eigenvalue weighted by Crippen LogP contribution is -2.44. The molecule has 0 aliphatic rings. The Hall–Kier alpha value is -3.06. The van der Waals surface area contributed by atoms with Gasteiger partial charge in [-0.15, -0.1) is 0 Å². The van der Waals surface area contributed by atoms with Gasteiger partial charge in [0.2, 0.25) is 0 Å². The van der Waals surface area contributed by atoms with Crippen molar-refractivity contribution in [3.05, 3.63) is 109 Å². The van der Waals surface area contributed by atoms with Crippen LogP contribution in [-0.2, 0) is 6.54 Å². The van der Waals surface area contributed by atoms with Crippen LogP contribution in [0.25, 0.3) is 6.08 Å². The summed E-state index contributed by atoms with van der Waals surface area (Å²) >= 11 is 3.31. The number of allylic oxidation sites excluding steroid dienone is 1. The number of hydrogen-bond acceptors (Lipinski definition) is 3. The Morgan fingerprint density at radius 1 is 1.07 bits per heavy atom. The molecule has 7 heteroatoms. The smallest absolute Gasteiger partial charge is 0.293 e. The quantitative estimate of drug-likeness (QED) is 0.617. The lowest BCUT2D eigenvalue weighted by atomic mass is 10.2. The summed E-state index contributed by atoms with van der Waals surface area (Å²) in [6, 6.07) is 15.0. The van der Waals surface area contributed by atoms with Gasteiger partial charge in [0.05, 0.1) is 6.54 Å². The van der Waals surface area contributed by atoms with Gasteiger partial charge in [-0.05, 0) is 42.8 Å². The summed E-state index contributed by atoms with van der Waals surface area (Å²) in [5, 5.41) is 0. The first-order valence-electron chi connectivity index (χ1n) is 8.41. The van der Waals surface area contributed by atoms with Gasteiger partial charge in [-0.2, -0.15) is 4.57 Å². The summed E-state index contributed by atoms with van der Waals surface area (Å²) in [5.74, 6) is -1.33. The van der Waals surface area contributed by atoms with Crippen LogP contribution in [0.5, 0.6) is 0 Å². The van der Waals surface area contributed by atoms with Gasteiger partial charge < -0.3 is 0 Å². The molecule has 1 aromatic heterocycles. The van der Waals surface area contributed by atoms with Gasteiger partial charge in [0.15, 0.2) is 0 Å². The monoisotopic (exact) mass is 442 g/mol. The second-order valence-electron chi connectivity index (χ2n) is 6.18. The maximum atomic E-state index is 14.5. The molecule has 0 spiro atoms. The van der Waals surface area contributed by atoms with E-state index in [9.17, 15) is 18.8 Å². The summed E-state index contributed by atoms with van der Waals surface area (Å²) in [7, 11) is 0. The van der Waals surface area contributed by atoms with Crippen molar-refractivity contribution in [1.82, 2.24) is 9.13 Å². The van der Waals surface area contributed by atoms with E-state index in [2.05, 4.69) is 15.9 Å². The number of halogens is 2. The molecule has 3 aromatic rings. The fourth-order valence-corrected chi connectivity index (χ4v) is 2.95. The first kappa shape index (κ1) is 19.7. The Balaban J connectivity index is 2.00. The summed E-state index contributed by atoms with van der Waals surface area (Å²) in [4.78, 5) is 37.7. The second kappa shape index (κ2) is 8.31. The number of benzene rings is 2. The highest BCUT2D eigenvalue weighted by Crippen LogP contribution is 2.14. The molecule has 2 aromatic carbocycles. The lowest BCUT2D eigenvalue weighted by Gasteiger charge is -2.10. The number of carbonyl (C=O) groups excluding carboxylic acids is 1. The maximum absolute atomic E-state index is 14.5. The molecule has 5 nitrogen and oxygen atoms in total. The molecule has 0 aliphatic carbocycles. The largest absolute Gasteiger partial charge is 0.338 e. The zero-order chi connectivity index (χ0) is 20.3. The van der Waals surface area contributed by atoms with E-state index in [0.717, 1.165) is 9.04 Å². The Kier molecular flexibility index (Phi) is 5.84. The van der Waals surface area contributed by atoms with Gasteiger partial charge in [-0.25, -0.2) is 9.18 Å². The summed E-state index contributed by atoms with van der Waals surface area (Å²) in [6.07, 6.45) is 2.55. The predicted molar refractivity (Wildman–Crippen MR) is 109 cm³/mol. The van der Waals surface area contributed by atoms with Crippen LogP contribution in [0.3, 0.4) is 0 Å². The lowest BCUT2D eigenvalue weighted by molar-refractivity contribution is 0.0948. The molecule has 142 valence electrons. The zero-order valence-corrected chi connectivity index (χ0v) is 16.5. The van der Waals surface area contributed by atoms with E-state index in [1.54, 1.807) is 42.5 Å². The number of rotatable bonds is 4. The fourth-order valence-electron chi connectivity index (χ4n) is 2.69. The SMILES string of the molecule is Cc1cn(C/C(F)=C/c2ccc(Br)cc2)c(=O)n(C(=O)c2ccccc2)c1=O. The molecular formula is C21H16BrFN2O3. The molecule has 0 fully saturated rings. The zero-order valence-electron chi connectivity index (χ0n) is 14.9. The van der Waals surface area contributed by atoms with E-state index in [1.165, 1.54) is 31.3 Å². The molecule has 28 heavy (non-hydrogen) atoms. The topological polar surface area (TPSA) is 61.1 Å². The minimum atomic E-state index is -0.885. The van der Waals surface area contributed by atoms with Crippen LogP contribution < -0.4 is 11.2 Å². The van der Waals surface area contributed by atoms with Gasteiger partial charge in [0.25, 0.3) is 11.5 Å². The average Bonchev–Trinajstić information content (AvgIpc) is 2.68. The summed E-state index contributed by atoms with van der Waals surface area (Å²) in [5.41, 5.74) is -0.611. The Morgan fingerprint density at radius 2 is 1.71 bits per heavy atom. The van der Waals surface area contributed by atoms with E-state index < -0.39 is 29.5 Å². The molecule has 0 amide bonds. The highest BCUT2D eigenvalue weighted by Gasteiger charge is 2.17. The van der Waals surface area contributed by atoms with Gasteiger partial charge in [0.1, 0.15) is 5.83 Å². The number of hydrogen-bond donors (Lipinski definition) is 0. The summed E-state index contributed by atoms with van der Waals surface area (Å²) < 4.78 is 16.9. The molecule has 0 N–H and O–H groups in total. The molecule has 0 saturated carbocycles. The van der Waals surface area contributed by atoms with E-state index in [1.807, 2.05) is 0 Å². The first-order valence-corrected chi connectivity index (χ1v) is 9.20. The van der Waals surface area contributed by atoms with Crippen LogP contribution in [-0.4, -0.2) is 15.0 Å². The van der Waals surface area contributed by atoms with Gasteiger partial charge in [0, 0.05) is 21.8 Å². The third-order valence-electron chi connectivity index (χ3n) is 4.07. The highest BCUT2D eigenvalue weighted by molar-refractivity contribution is 9.10. The van der Waals surface area contributed by atoms with Crippen LogP contribution in [0.1, 0.15) is 21.5 Å². The number of aromatic nitrogens is 2. The molecular weight excluding hydrogens is 427 g/mol. The van der Waals surface area contributed by atoms with Crippen molar-refractivity contribution in [1.29, 1.82) is 0 Å². The highest BCUT2D eigenvalue weighted by atomic mass is 79.9. The molecule has 1 heterocycles. The van der Waals surface area contributed by atoms with Gasteiger partial charge in [-0.1, -0.05) is 46.3 Å². The van der Waals surface area contributed by atoms with Crippen molar-refractivity contribution in [2.24, 2.45) is 0 Å². The Bertz CT molecular complexity index is 1160. The third kappa shape index (κ3) is 4.26. The van der Waals surface area contributed by atoms with Crippen molar-refractivity contribution < 1.29 is 9.18 Å². The second-order valence-corrected chi connectivity index (χ2v) is 7.09. The van der Waals surface area contributed by atoms with Crippen molar-refractivity contribution >= 4 is 27.9 Å². The van der Waals surface area contributed by atoms with E-state index in [0.29, 0.717) is 10.1 Å². The minimum absolute atomic E-state index is 0.167.